The number of ether oxygens (including phenoxy) is 2. The second-order valence-electron chi connectivity index (χ2n) is 8.55. The van der Waals surface area contributed by atoms with E-state index in [4.69, 9.17) is 14.5 Å². The molecule has 0 atom stereocenters. The number of aromatic nitrogens is 1. The van der Waals surface area contributed by atoms with Gasteiger partial charge in [-0.05, 0) is 95.5 Å². The molecular weight excluding hydrogens is 394 g/mol. The molecule has 3 nitrogen and oxygen atoms in total. The lowest BCUT2D eigenvalue weighted by atomic mass is 9.78. The van der Waals surface area contributed by atoms with Gasteiger partial charge in [0.1, 0.15) is 11.5 Å². The Kier molecular flexibility index (Phi) is 4.50. The van der Waals surface area contributed by atoms with Crippen molar-refractivity contribution in [2.24, 2.45) is 0 Å². The minimum atomic E-state index is 0.908. The first-order chi connectivity index (χ1) is 15.8. The van der Waals surface area contributed by atoms with Gasteiger partial charge in [-0.2, -0.15) is 0 Å². The van der Waals surface area contributed by atoms with Crippen molar-refractivity contribution in [1.82, 2.24) is 4.98 Å². The molecule has 3 heteroatoms. The van der Waals surface area contributed by atoms with Crippen LogP contribution in [0.1, 0.15) is 22.3 Å². The molecule has 0 unspecified atom stereocenters. The number of rotatable bonds is 3. The summed E-state index contributed by atoms with van der Waals surface area (Å²) in [7, 11) is 3.46. The van der Waals surface area contributed by atoms with Gasteiger partial charge in [0.15, 0.2) is 0 Å². The van der Waals surface area contributed by atoms with Crippen LogP contribution in [0.2, 0.25) is 0 Å². The molecule has 2 aliphatic rings. The molecule has 1 aromatic heterocycles. The van der Waals surface area contributed by atoms with Crippen molar-refractivity contribution in [2.75, 3.05) is 14.2 Å². The lowest BCUT2D eigenvalue weighted by Gasteiger charge is -2.29. The van der Waals surface area contributed by atoms with E-state index in [1.54, 1.807) is 14.2 Å². The molecular formula is C29H25NO2. The van der Waals surface area contributed by atoms with E-state index in [1.807, 2.05) is 0 Å². The Morgan fingerprint density at radius 3 is 1.66 bits per heavy atom. The Morgan fingerprint density at radius 2 is 1.16 bits per heavy atom. The van der Waals surface area contributed by atoms with Gasteiger partial charge in [-0.3, -0.25) is 0 Å². The Labute approximate surface area is 188 Å². The van der Waals surface area contributed by atoms with Gasteiger partial charge in [-0.25, -0.2) is 4.98 Å². The van der Waals surface area contributed by atoms with E-state index >= 15 is 0 Å². The molecule has 6 rings (SSSR count). The lowest BCUT2D eigenvalue weighted by Crippen LogP contribution is -2.15. The molecule has 0 saturated carbocycles. The first kappa shape index (κ1) is 19.1. The molecule has 1 heterocycles. The molecule has 4 aromatic rings. The number of hydrogen-bond acceptors (Lipinski definition) is 3. The number of methoxy groups -OCH3 is 2. The summed E-state index contributed by atoms with van der Waals surface area (Å²) in [6.07, 6.45) is 4.01. The van der Waals surface area contributed by atoms with Gasteiger partial charge in [-0.1, -0.05) is 30.3 Å². The predicted molar refractivity (Wildman–Crippen MR) is 128 cm³/mol. The van der Waals surface area contributed by atoms with Gasteiger partial charge in [0, 0.05) is 11.1 Å². The molecule has 0 fully saturated rings. The number of pyridine rings is 1. The van der Waals surface area contributed by atoms with Crippen LogP contribution in [0.5, 0.6) is 11.5 Å². The number of benzene rings is 3. The minimum Gasteiger partial charge on any atom is -0.497 e. The van der Waals surface area contributed by atoms with Crippen molar-refractivity contribution in [2.45, 2.75) is 25.7 Å². The predicted octanol–water partition coefficient (Wildman–Crippen LogP) is 6.30. The van der Waals surface area contributed by atoms with Crippen LogP contribution in [0.25, 0.3) is 33.6 Å². The topological polar surface area (TPSA) is 31.4 Å². The molecule has 158 valence electrons. The number of fused-ring (bicyclic) bond motifs is 6. The van der Waals surface area contributed by atoms with Crippen molar-refractivity contribution in [3.05, 3.63) is 89.0 Å². The molecule has 0 N–H and O–H groups in total. The van der Waals surface area contributed by atoms with Gasteiger partial charge in [0.25, 0.3) is 0 Å². The van der Waals surface area contributed by atoms with Crippen molar-refractivity contribution < 1.29 is 9.47 Å². The Balaban J connectivity index is 1.65. The third-order valence-corrected chi connectivity index (χ3v) is 6.89. The summed E-state index contributed by atoms with van der Waals surface area (Å²) < 4.78 is 11.0. The van der Waals surface area contributed by atoms with Gasteiger partial charge < -0.3 is 9.47 Å². The zero-order valence-electron chi connectivity index (χ0n) is 18.4. The first-order valence-electron chi connectivity index (χ1n) is 11.2. The van der Waals surface area contributed by atoms with E-state index in [2.05, 4.69) is 66.7 Å². The van der Waals surface area contributed by atoms with Crippen LogP contribution < -0.4 is 9.47 Å². The summed E-state index contributed by atoms with van der Waals surface area (Å²) in [4.78, 5) is 5.35. The van der Waals surface area contributed by atoms with E-state index in [1.165, 1.54) is 44.5 Å². The smallest absolute Gasteiger partial charge is 0.119 e. The highest BCUT2D eigenvalue weighted by molar-refractivity contribution is 5.88. The molecule has 3 aromatic carbocycles. The number of aryl methyl sites for hydroxylation is 2. The molecule has 32 heavy (non-hydrogen) atoms. The lowest BCUT2D eigenvalue weighted by molar-refractivity contribution is 0.414. The van der Waals surface area contributed by atoms with Gasteiger partial charge in [-0.15, -0.1) is 0 Å². The van der Waals surface area contributed by atoms with E-state index < -0.39 is 0 Å². The van der Waals surface area contributed by atoms with Gasteiger partial charge in [0.2, 0.25) is 0 Å². The number of nitrogens with zero attached hydrogens (tertiary/aromatic N) is 1. The SMILES string of the molecule is COc1ccc2c(c1)CCc1c-2nc2c(c1-c1ccccc1)CCc1cc(OC)ccc1-2. The monoisotopic (exact) mass is 419 g/mol. The summed E-state index contributed by atoms with van der Waals surface area (Å²) >= 11 is 0. The second-order valence-corrected chi connectivity index (χ2v) is 8.55. The summed E-state index contributed by atoms with van der Waals surface area (Å²) in [5, 5.41) is 0. The molecule has 0 radical (unpaired) electrons. The zero-order valence-corrected chi connectivity index (χ0v) is 18.4. The third-order valence-electron chi connectivity index (χ3n) is 6.89. The van der Waals surface area contributed by atoms with Crippen molar-refractivity contribution in [3.63, 3.8) is 0 Å². The second kappa shape index (κ2) is 7.52. The van der Waals surface area contributed by atoms with Crippen LogP contribution in [-0.2, 0) is 25.7 Å². The summed E-state index contributed by atoms with van der Waals surface area (Å²) in [6.45, 7) is 0. The Bertz CT molecular complexity index is 1260. The van der Waals surface area contributed by atoms with Crippen molar-refractivity contribution in [1.29, 1.82) is 0 Å². The largest absolute Gasteiger partial charge is 0.497 e. The first-order valence-corrected chi connectivity index (χ1v) is 11.2. The molecule has 0 spiro atoms. The summed E-state index contributed by atoms with van der Waals surface area (Å²) in [5.74, 6) is 1.82. The highest BCUT2D eigenvalue weighted by Crippen LogP contribution is 2.46. The fraction of sp³-hybridized carbons (Fsp3) is 0.207. The fourth-order valence-electron chi connectivity index (χ4n) is 5.34. The third kappa shape index (κ3) is 2.92. The van der Waals surface area contributed by atoms with Crippen LogP contribution in [0.3, 0.4) is 0 Å². The maximum Gasteiger partial charge on any atom is 0.119 e. The van der Waals surface area contributed by atoms with E-state index in [0.717, 1.165) is 48.6 Å². The minimum absolute atomic E-state index is 0.908. The molecule has 0 saturated heterocycles. The van der Waals surface area contributed by atoms with Crippen LogP contribution in [0.15, 0.2) is 66.7 Å². The van der Waals surface area contributed by atoms with Crippen LogP contribution >= 0.6 is 0 Å². The Morgan fingerprint density at radius 1 is 0.625 bits per heavy atom. The molecule has 0 aliphatic heterocycles. The average molecular weight is 420 g/mol. The molecule has 0 amide bonds. The summed E-state index contributed by atoms with van der Waals surface area (Å²) in [6, 6.07) is 23.6. The van der Waals surface area contributed by atoms with Gasteiger partial charge in [0.05, 0.1) is 25.6 Å². The fourth-order valence-corrected chi connectivity index (χ4v) is 5.34. The standard InChI is InChI=1S/C29H25NO2/c1-31-21-10-14-23-19(16-21)8-12-25-27(18-6-4-3-5-7-18)26-13-9-20-17-22(32-2)11-15-24(20)29(26)30-28(23)25/h3-7,10-11,14-17H,8-9,12-13H2,1-2H3. The highest BCUT2D eigenvalue weighted by Gasteiger charge is 2.29. The average Bonchev–Trinajstić information content (AvgIpc) is 2.86. The maximum atomic E-state index is 5.49. The maximum absolute atomic E-state index is 5.49. The zero-order chi connectivity index (χ0) is 21.7. The van der Waals surface area contributed by atoms with Crippen molar-refractivity contribution >= 4 is 0 Å². The van der Waals surface area contributed by atoms with E-state index in [9.17, 15) is 0 Å². The van der Waals surface area contributed by atoms with E-state index in [0.29, 0.717) is 0 Å². The quantitative estimate of drug-likeness (QED) is 0.391. The highest BCUT2D eigenvalue weighted by atomic mass is 16.5. The van der Waals surface area contributed by atoms with Crippen LogP contribution in [0, 0.1) is 0 Å². The normalized spacial score (nSPS) is 13.4. The summed E-state index contributed by atoms with van der Waals surface area (Å²) in [5.41, 5.74) is 12.8. The molecule has 0 bridgehead atoms. The number of hydrogen-bond donors (Lipinski definition) is 0. The Hall–Kier alpha value is -3.59. The van der Waals surface area contributed by atoms with E-state index in [-0.39, 0.29) is 0 Å². The van der Waals surface area contributed by atoms with Gasteiger partial charge >= 0.3 is 0 Å². The van der Waals surface area contributed by atoms with Crippen LogP contribution in [0.4, 0.5) is 0 Å². The molecule has 2 aliphatic carbocycles. The van der Waals surface area contributed by atoms with Crippen molar-refractivity contribution in [3.8, 4) is 45.1 Å². The van der Waals surface area contributed by atoms with Crippen LogP contribution in [-0.4, -0.2) is 19.2 Å².